The molecule has 0 aromatic rings. The number of rotatable bonds is 52. The van der Waals surface area contributed by atoms with E-state index >= 15 is 0 Å². The Bertz CT molecular complexity index is 1150. The highest BCUT2D eigenvalue weighted by atomic mass is 16.5. The molecule has 14 atom stereocenters. The van der Waals surface area contributed by atoms with Crippen molar-refractivity contribution in [3.05, 3.63) is 0 Å². The van der Waals surface area contributed by atoms with Crippen molar-refractivity contribution >= 4 is 0 Å². The van der Waals surface area contributed by atoms with Crippen molar-refractivity contribution in [2.45, 2.75) is 196 Å². The minimum atomic E-state index is -1.45. The second-order valence-corrected chi connectivity index (χ2v) is 17.5. The lowest BCUT2D eigenvalue weighted by Gasteiger charge is -2.29. The van der Waals surface area contributed by atoms with E-state index in [0.717, 1.165) is 12.8 Å². The summed E-state index contributed by atoms with van der Waals surface area (Å²) in [6, 6.07) is -1.04. The average Bonchev–Trinajstić information content (AvgIpc) is 3.28. The lowest BCUT2D eigenvalue weighted by atomic mass is 10.1. The Morgan fingerprint density at radius 1 is 0.300 bits per heavy atom. The zero-order chi connectivity index (χ0) is 52.5. The van der Waals surface area contributed by atoms with E-state index in [0.29, 0.717) is 65.0 Å². The van der Waals surface area contributed by atoms with Crippen molar-refractivity contribution in [1.29, 1.82) is 0 Å². The highest BCUT2D eigenvalue weighted by molar-refractivity contribution is 4.78. The van der Waals surface area contributed by atoms with E-state index in [9.17, 15) is 61.3 Å². The van der Waals surface area contributed by atoms with Gasteiger partial charge in [0, 0.05) is 77.4 Å². The van der Waals surface area contributed by atoms with Gasteiger partial charge in [0.2, 0.25) is 0 Å². The first-order valence-corrected chi connectivity index (χ1v) is 25.2. The first-order chi connectivity index (χ1) is 33.4. The van der Waals surface area contributed by atoms with Crippen LogP contribution in [0.3, 0.4) is 0 Å². The number of nitrogens with two attached hydrogens (primary N) is 2. The third-order valence-corrected chi connectivity index (χ3v) is 11.0. The number of hydrogen-bond acceptors (Lipinski definition) is 28. The SMILES string of the molecule is CC(O)NC(CCCCN)C(O)NCCC(O)NCCC(O)NCCC(O)NCCC(O)NC(O)NC(CCCCN)C(O)NCCC(O)NCCC(O)NCCC(O)NCCC(O)NCCC(O)O. The number of unbranched alkanes of at least 4 members (excludes halogenated alkanes) is 2. The molecular weight excluding hydrogens is 925 g/mol. The van der Waals surface area contributed by atoms with Crippen LogP contribution < -0.4 is 75.3 Å². The van der Waals surface area contributed by atoms with Crippen molar-refractivity contribution in [2.75, 3.05) is 72.0 Å². The van der Waals surface area contributed by atoms with Crippen molar-refractivity contribution in [3.8, 4) is 0 Å². The van der Waals surface area contributed by atoms with Gasteiger partial charge in [-0.1, -0.05) is 12.8 Å². The van der Waals surface area contributed by atoms with E-state index < -0.39 is 87.2 Å². The minimum absolute atomic E-state index is 0.0793. The first-order valence-electron chi connectivity index (χ1n) is 25.2. The van der Waals surface area contributed by atoms with E-state index in [1.54, 1.807) is 6.92 Å². The fraction of sp³-hybridized carbons (Fsp3) is 1.00. The minimum Gasteiger partial charge on any atom is -0.379 e. The molecule has 0 aliphatic rings. The molecule has 28 heteroatoms. The molecule has 14 unspecified atom stereocenters. The van der Waals surface area contributed by atoms with Crippen molar-refractivity contribution in [2.24, 2.45) is 11.5 Å². The molecule has 28 nitrogen and oxygen atoms in total. The Balaban J connectivity index is 4.30. The van der Waals surface area contributed by atoms with Gasteiger partial charge in [-0.2, -0.15) is 0 Å². The van der Waals surface area contributed by atoms with Gasteiger partial charge in [0.05, 0.1) is 0 Å². The van der Waals surface area contributed by atoms with Crippen LogP contribution in [0.15, 0.2) is 0 Å². The molecular formula is C42H100N14O14. The van der Waals surface area contributed by atoms with E-state index in [2.05, 4.69) is 63.8 Å². The van der Waals surface area contributed by atoms with Gasteiger partial charge in [-0.15, -0.1) is 0 Å². The number of nitrogens with one attached hydrogen (secondary N) is 12. The van der Waals surface area contributed by atoms with Crippen LogP contribution in [0.4, 0.5) is 0 Å². The maximum atomic E-state index is 10.9. The third-order valence-electron chi connectivity index (χ3n) is 11.0. The normalized spacial score (nSPS) is 18.4. The zero-order valence-corrected chi connectivity index (χ0v) is 41.5. The van der Waals surface area contributed by atoms with E-state index in [1.807, 2.05) is 0 Å². The summed E-state index contributed by atoms with van der Waals surface area (Å²) in [5.74, 6) is 0. The van der Waals surface area contributed by atoms with E-state index in [1.165, 1.54) is 0 Å². The Morgan fingerprint density at radius 2 is 0.571 bits per heavy atom. The molecule has 0 amide bonds. The van der Waals surface area contributed by atoms with Crippen LogP contribution in [0, 0.1) is 0 Å². The summed E-state index contributed by atoms with van der Waals surface area (Å²) in [5.41, 5.74) is 11.2. The lowest BCUT2D eigenvalue weighted by Crippen LogP contribution is -2.57. The molecule has 0 aromatic carbocycles. The smallest absolute Gasteiger partial charge is 0.162 e. The van der Waals surface area contributed by atoms with Crippen LogP contribution in [0.1, 0.15) is 103 Å². The molecule has 0 aliphatic carbocycles. The monoisotopic (exact) mass is 1020 g/mol. The molecule has 0 aromatic heterocycles. The molecule has 0 saturated carbocycles. The van der Waals surface area contributed by atoms with Gasteiger partial charge in [-0.05, 0) is 97.1 Å². The van der Waals surface area contributed by atoms with Crippen LogP contribution >= 0.6 is 0 Å². The highest BCUT2D eigenvalue weighted by Crippen LogP contribution is 2.07. The zero-order valence-electron chi connectivity index (χ0n) is 41.5. The number of aliphatic hydroxyl groups is 14. The Morgan fingerprint density at radius 3 is 0.857 bits per heavy atom. The van der Waals surface area contributed by atoms with Crippen molar-refractivity contribution < 1.29 is 71.5 Å². The Labute approximate surface area is 414 Å². The average molecular weight is 1030 g/mol. The van der Waals surface area contributed by atoms with E-state index in [-0.39, 0.29) is 96.6 Å². The third kappa shape index (κ3) is 42.3. The maximum absolute atomic E-state index is 10.9. The van der Waals surface area contributed by atoms with Crippen LogP contribution in [0.2, 0.25) is 0 Å². The Kier molecular flexibility index (Phi) is 44.6. The van der Waals surface area contributed by atoms with Gasteiger partial charge < -0.3 is 83.0 Å². The van der Waals surface area contributed by atoms with Crippen LogP contribution in [0.5, 0.6) is 0 Å². The molecule has 0 rings (SSSR count). The first kappa shape index (κ1) is 68.9. The van der Waals surface area contributed by atoms with Gasteiger partial charge in [-0.3, -0.25) is 63.8 Å². The Hall–Kier alpha value is -1.12. The number of hydrogen-bond donors (Lipinski definition) is 28. The quantitative estimate of drug-likeness (QED) is 0.0199. The summed E-state index contributed by atoms with van der Waals surface area (Å²) in [6.45, 7) is 4.88. The van der Waals surface area contributed by atoms with Gasteiger partial charge in [-0.25, -0.2) is 0 Å². The molecule has 0 radical (unpaired) electrons. The van der Waals surface area contributed by atoms with Crippen molar-refractivity contribution in [3.63, 3.8) is 0 Å². The molecule has 0 bridgehead atoms. The maximum Gasteiger partial charge on any atom is 0.162 e. The lowest BCUT2D eigenvalue weighted by molar-refractivity contribution is -0.0465. The summed E-state index contributed by atoms with van der Waals surface area (Å²) in [7, 11) is 0. The van der Waals surface area contributed by atoms with Crippen LogP contribution in [-0.4, -0.2) is 237 Å². The van der Waals surface area contributed by atoms with Gasteiger partial charge in [0.15, 0.2) is 12.6 Å². The molecule has 422 valence electrons. The predicted molar refractivity (Wildman–Crippen MR) is 262 cm³/mol. The molecule has 30 N–H and O–H groups in total. The summed E-state index contributed by atoms with van der Waals surface area (Å²) in [5, 5.41) is 175. The molecule has 0 spiro atoms. The van der Waals surface area contributed by atoms with Gasteiger partial charge in [0.1, 0.15) is 68.5 Å². The summed E-state index contributed by atoms with van der Waals surface area (Å²) in [4.78, 5) is 0. The van der Waals surface area contributed by atoms with Crippen LogP contribution in [0.25, 0.3) is 0 Å². The van der Waals surface area contributed by atoms with Crippen LogP contribution in [-0.2, 0) is 0 Å². The largest absolute Gasteiger partial charge is 0.379 e. The molecule has 0 aliphatic heterocycles. The predicted octanol–water partition coefficient (Wildman–Crippen LogP) is -9.32. The fourth-order valence-electron chi connectivity index (χ4n) is 6.94. The summed E-state index contributed by atoms with van der Waals surface area (Å²) < 4.78 is 0. The number of aliphatic hydroxyl groups excluding tert-OH is 13. The summed E-state index contributed by atoms with van der Waals surface area (Å²) in [6.07, 6.45) is -7.28. The van der Waals surface area contributed by atoms with E-state index in [4.69, 9.17) is 21.7 Å². The summed E-state index contributed by atoms with van der Waals surface area (Å²) >= 11 is 0. The fourth-order valence-corrected chi connectivity index (χ4v) is 6.94. The molecule has 0 heterocycles. The molecule has 0 saturated heterocycles. The molecule has 0 fully saturated rings. The standard InChI is InChI=1S/C42H100N14O14/c1-28(57)54-29(6-2-4-17-43)40(68)52-25-13-36(63)48-21-9-33(60)46-20-11-34(61)50-24-15-38(65)56-42(70)55-30(7-3-5-18-44)41(69)53-26-14-37(64)49-22-10-32(59)45-19-8-31(58)47-23-12-35(62)51-27-16-39(66)67/h28-42,45-70H,2-27,43-44H2,1H3. The molecule has 70 heavy (non-hydrogen) atoms. The second kappa shape index (κ2) is 45.3. The topological polar surface area (TPSA) is 480 Å². The highest BCUT2D eigenvalue weighted by Gasteiger charge is 2.23. The van der Waals surface area contributed by atoms with Gasteiger partial charge >= 0.3 is 0 Å². The van der Waals surface area contributed by atoms with Gasteiger partial charge in [0.25, 0.3) is 0 Å². The van der Waals surface area contributed by atoms with Crippen molar-refractivity contribution in [1.82, 2.24) is 63.8 Å². The second-order valence-electron chi connectivity index (χ2n) is 17.5.